The third-order valence-corrected chi connectivity index (χ3v) is 6.97. The Morgan fingerprint density at radius 2 is 1.87 bits per heavy atom. The number of nitrogens with zero attached hydrogens (tertiary/aromatic N) is 3. The summed E-state index contributed by atoms with van der Waals surface area (Å²) in [4.78, 5) is 31.8. The fourth-order valence-electron chi connectivity index (χ4n) is 4.88. The van der Waals surface area contributed by atoms with Crippen LogP contribution in [0.2, 0.25) is 5.02 Å². The number of hydrogen-bond acceptors (Lipinski definition) is 4. The van der Waals surface area contributed by atoms with Gasteiger partial charge < -0.3 is 19.8 Å². The van der Waals surface area contributed by atoms with E-state index in [-0.39, 0.29) is 30.9 Å². The molecule has 2 aromatic rings. The molecule has 2 fully saturated rings. The van der Waals surface area contributed by atoms with Crippen LogP contribution >= 0.6 is 11.6 Å². The van der Waals surface area contributed by atoms with Crippen LogP contribution in [0.25, 0.3) is 0 Å². The first kappa shape index (κ1) is 19.4. The van der Waals surface area contributed by atoms with Gasteiger partial charge in [-0.3, -0.25) is 9.59 Å². The van der Waals surface area contributed by atoms with Crippen molar-refractivity contribution < 1.29 is 14.7 Å². The van der Waals surface area contributed by atoms with E-state index in [1.807, 2.05) is 53.4 Å². The van der Waals surface area contributed by atoms with Gasteiger partial charge in [-0.15, -0.1) is 0 Å². The zero-order valence-corrected chi connectivity index (χ0v) is 17.4. The second kappa shape index (κ2) is 7.29. The molecule has 0 bridgehead atoms. The van der Waals surface area contributed by atoms with Crippen LogP contribution in [0.1, 0.15) is 17.9 Å². The fourth-order valence-corrected chi connectivity index (χ4v) is 5.06. The number of piperazine rings is 1. The minimum Gasteiger partial charge on any atom is -0.395 e. The van der Waals surface area contributed by atoms with Crippen LogP contribution < -0.4 is 9.80 Å². The SMILES string of the molecule is O=C(CN1C(=O)[C@@]2(CO)C[C@H]2c2ccccc21)N1CCN(c2cccc(Cl)c2)CC1. The van der Waals surface area contributed by atoms with Crippen molar-refractivity contribution in [2.24, 2.45) is 5.41 Å². The van der Waals surface area contributed by atoms with E-state index in [0.29, 0.717) is 24.5 Å². The van der Waals surface area contributed by atoms with E-state index in [9.17, 15) is 14.7 Å². The summed E-state index contributed by atoms with van der Waals surface area (Å²) in [6.45, 7) is 2.49. The summed E-state index contributed by atoms with van der Waals surface area (Å²) in [6.07, 6.45) is 0.655. The molecule has 7 heteroatoms. The maximum atomic E-state index is 13.1. The summed E-state index contributed by atoms with van der Waals surface area (Å²) >= 11 is 6.10. The molecular formula is C23H24ClN3O3. The number of carbonyl (C=O) groups excluding carboxylic acids is 2. The van der Waals surface area contributed by atoms with Gasteiger partial charge in [0.25, 0.3) is 0 Å². The summed E-state index contributed by atoms with van der Waals surface area (Å²) in [5, 5.41) is 10.6. The second-order valence-electron chi connectivity index (χ2n) is 8.37. The lowest BCUT2D eigenvalue weighted by Gasteiger charge is -2.38. The largest absolute Gasteiger partial charge is 0.395 e. The third kappa shape index (κ3) is 3.06. The van der Waals surface area contributed by atoms with Crippen molar-refractivity contribution in [3.8, 4) is 0 Å². The predicted octanol–water partition coefficient (Wildman–Crippen LogP) is 2.50. The van der Waals surface area contributed by atoms with Crippen molar-refractivity contribution in [3.63, 3.8) is 0 Å². The van der Waals surface area contributed by atoms with E-state index in [1.54, 1.807) is 4.90 Å². The monoisotopic (exact) mass is 425 g/mol. The number of anilines is 2. The second-order valence-corrected chi connectivity index (χ2v) is 8.81. The number of aliphatic hydroxyl groups is 1. The Morgan fingerprint density at radius 1 is 1.10 bits per heavy atom. The molecule has 1 aliphatic carbocycles. The van der Waals surface area contributed by atoms with Gasteiger partial charge in [-0.2, -0.15) is 0 Å². The van der Waals surface area contributed by atoms with Crippen molar-refractivity contribution in [1.29, 1.82) is 0 Å². The molecule has 3 aliphatic rings. The van der Waals surface area contributed by atoms with E-state index >= 15 is 0 Å². The number of fused-ring (bicyclic) bond motifs is 3. The molecule has 1 saturated carbocycles. The van der Waals surface area contributed by atoms with E-state index in [2.05, 4.69) is 4.90 Å². The Labute approximate surface area is 180 Å². The highest BCUT2D eigenvalue weighted by atomic mass is 35.5. The highest BCUT2D eigenvalue weighted by Crippen LogP contribution is 2.64. The molecule has 0 radical (unpaired) electrons. The molecule has 6 nitrogen and oxygen atoms in total. The van der Waals surface area contributed by atoms with Crippen LogP contribution in [0.4, 0.5) is 11.4 Å². The van der Waals surface area contributed by atoms with E-state index in [1.165, 1.54) is 0 Å². The highest BCUT2D eigenvalue weighted by Gasteiger charge is 2.65. The molecular weight excluding hydrogens is 402 g/mol. The normalized spacial score (nSPS) is 25.1. The van der Waals surface area contributed by atoms with Crippen molar-refractivity contribution in [3.05, 3.63) is 59.1 Å². The number of rotatable bonds is 4. The van der Waals surface area contributed by atoms with E-state index < -0.39 is 5.41 Å². The van der Waals surface area contributed by atoms with Crippen molar-refractivity contribution in [2.45, 2.75) is 12.3 Å². The first-order valence-corrected chi connectivity index (χ1v) is 10.7. The van der Waals surface area contributed by atoms with Crippen molar-refractivity contribution >= 4 is 34.8 Å². The van der Waals surface area contributed by atoms with Gasteiger partial charge in [-0.25, -0.2) is 0 Å². The standard InChI is InChI=1S/C23H24ClN3O3/c24-16-4-3-5-17(12-16)25-8-10-26(11-9-25)21(29)14-27-20-7-2-1-6-18(20)19-13-23(19,15-28)22(27)30/h1-7,12,19,28H,8-11,13-15H2/t19-,23+/m0/s1. The van der Waals surface area contributed by atoms with Crippen LogP contribution in [0.3, 0.4) is 0 Å². The quantitative estimate of drug-likeness (QED) is 0.817. The lowest BCUT2D eigenvalue weighted by Crippen LogP contribution is -2.53. The summed E-state index contributed by atoms with van der Waals surface area (Å²) < 4.78 is 0. The van der Waals surface area contributed by atoms with Gasteiger partial charge in [0.2, 0.25) is 11.8 Å². The number of aliphatic hydroxyl groups excluding tert-OH is 1. The smallest absolute Gasteiger partial charge is 0.242 e. The lowest BCUT2D eigenvalue weighted by molar-refractivity contribution is -0.133. The summed E-state index contributed by atoms with van der Waals surface area (Å²) in [5.41, 5.74) is 2.18. The van der Waals surface area contributed by atoms with Gasteiger partial charge in [-0.1, -0.05) is 35.9 Å². The average molecular weight is 426 g/mol. The molecule has 2 aromatic carbocycles. The molecule has 1 N–H and O–H groups in total. The number of halogens is 1. The number of hydrogen-bond donors (Lipinski definition) is 1. The van der Waals surface area contributed by atoms with Crippen molar-refractivity contribution in [2.75, 3.05) is 49.1 Å². The molecule has 0 spiro atoms. The molecule has 2 amide bonds. The highest BCUT2D eigenvalue weighted by molar-refractivity contribution is 6.30. The Hall–Kier alpha value is -2.57. The lowest BCUT2D eigenvalue weighted by atomic mass is 9.92. The maximum Gasteiger partial charge on any atom is 0.242 e. The number of benzene rings is 2. The molecule has 5 rings (SSSR count). The average Bonchev–Trinajstić information content (AvgIpc) is 3.53. The first-order chi connectivity index (χ1) is 14.5. The zero-order valence-electron chi connectivity index (χ0n) is 16.6. The molecule has 30 heavy (non-hydrogen) atoms. The number of amides is 2. The van der Waals surface area contributed by atoms with Crippen LogP contribution in [-0.2, 0) is 9.59 Å². The van der Waals surface area contributed by atoms with Gasteiger partial charge in [-0.05, 0) is 36.2 Å². The molecule has 1 saturated heterocycles. The molecule has 0 aromatic heterocycles. The zero-order chi connectivity index (χ0) is 20.9. The van der Waals surface area contributed by atoms with Gasteiger partial charge in [0.05, 0.1) is 12.0 Å². The predicted molar refractivity (Wildman–Crippen MR) is 116 cm³/mol. The fraction of sp³-hybridized carbons (Fsp3) is 0.391. The minimum absolute atomic E-state index is 0.0154. The van der Waals surface area contributed by atoms with Gasteiger partial charge in [0.1, 0.15) is 6.54 Å². The molecule has 2 atom stereocenters. The Kier molecular flexibility index (Phi) is 4.71. The third-order valence-electron chi connectivity index (χ3n) is 6.73. The Morgan fingerprint density at radius 3 is 2.60 bits per heavy atom. The molecule has 156 valence electrons. The van der Waals surface area contributed by atoms with Crippen LogP contribution in [0.5, 0.6) is 0 Å². The van der Waals surface area contributed by atoms with Crippen LogP contribution in [-0.4, -0.2) is 61.2 Å². The van der Waals surface area contributed by atoms with Crippen LogP contribution in [0.15, 0.2) is 48.5 Å². The summed E-state index contributed by atoms with van der Waals surface area (Å²) in [6, 6.07) is 15.5. The topological polar surface area (TPSA) is 64.1 Å². The number of carbonyl (C=O) groups is 2. The molecule has 2 heterocycles. The molecule has 2 aliphatic heterocycles. The summed E-state index contributed by atoms with van der Waals surface area (Å²) in [7, 11) is 0. The van der Waals surface area contributed by atoms with Gasteiger partial charge >= 0.3 is 0 Å². The number of para-hydroxylation sites is 1. The van der Waals surface area contributed by atoms with E-state index in [4.69, 9.17) is 11.6 Å². The molecule has 0 unspecified atom stereocenters. The van der Waals surface area contributed by atoms with Crippen LogP contribution in [0, 0.1) is 5.41 Å². The Bertz CT molecular complexity index is 1000. The first-order valence-electron chi connectivity index (χ1n) is 10.3. The van der Waals surface area contributed by atoms with E-state index in [0.717, 1.165) is 30.0 Å². The summed E-state index contributed by atoms with van der Waals surface area (Å²) in [5.74, 6) is -0.116. The minimum atomic E-state index is -0.736. The maximum absolute atomic E-state index is 13.1. The Balaban J connectivity index is 1.29. The van der Waals surface area contributed by atoms with Gasteiger partial charge in [0, 0.05) is 48.5 Å². The van der Waals surface area contributed by atoms with Crippen molar-refractivity contribution in [1.82, 2.24) is 4.90 Å². The van der Waals surface area contributed by atoms with Gasteiger partial charge in [0.15, 0.2) is 0 Å².